The minimum atomic E-state index is -1.13. The van der Waals surface area contributed by atoms with Crippen molar-refractivity contribution < 1.29 is 19.5 Å². The number of carboxylic acids is 1. The number of piperazine rings is 1. The molecule has 10 heteroatoms. The lowest BCUT2D eigenvalue weighted by atomic mass is 10.2. The van der Waals surface area contributed by atoms with Gasteiger partial charge in [0, 0.05) is 39.3 Å². The van der Waals surface area contributed by atoms with E-state index in [2.05, 4.69) is 15.2 Å². The average molecular weight is 474 g/mol. The van der Waals surface area contributed by atoms with E-state index in [1.807, 2.05) is 18.7 Å². The summed E-state index contributed by atoms with van der Waals surface area (Å²) < 4.78 is 0. The Hall–Kier alpha value is -3.17. The fraction of sp³-hybridized carbons (Fsp3) is 0.391. The lowest BCUT2D eigenvalue weighted by Crippen LogP contribution is -2.50. The molecule has 0 spiro atoms. The van der Waals surface area contributed by atoms with Gasteiger partial charge in [-0.1, -0.05) is 23.7 Å². The van der Waals surface area contributed by atoms with Gasteiger partial charge in [-0.15, -0.1) is 0 Å². The number of amides is 2. The van der Waals surface area contributed by atoms with Crippen molar-refractivity contribution in [1.29, 1.82) is 0 Å². The van der Waals surface area contributed by atoms with Gasteiger partial charge in [0.2, 0.25) is 5.91 Å². The van der Waals surface area contributed by atoms with Gasteiger partial charge < -0.3 is 20.2 Å². The zero-order valence-electron chi connectivity index (χ0n) is 18.8. The highest BCUT2D eigenvalue weighted by Gasteiger charge is 2.25. The monoisotopic (exact) mass is 473 g/mol. The fourth-order valence-electron chi connectivity index (χ4n) is 3.76. The molecule has 2 aromatic rings. The van der Waals surface area contributed by atoms with Crippen LogP contribution >= 0.6 is 11.6 Å². The number of carbonyl (C=O) groups is 3. The van der Waals surface area contributed by atoms with Crippen LogP contribution in [0.5, 0.6) is 0 Å². The molecule has 3 rings (SSSR count). The fourth-order valence-corrected chi connectivity index (χ4v) is 3.99. The van der Waals surface area contributed by atoms with Crippen LogP contribution in [0.15, 0.2) is 36.5 Å². The van der Waals surface area contributed by atoms with Gasteiger partial charge in [-0.05, 0) is 32.0 Å². The standard InChI is InChI=1S/C23H28ClN5O4/c1-3-28(4-2)20(30)15-27-9-11-29(12-10-27)21-18(23(32)33)13-16(14-25-21)26-22(31)17-7-5-6-8-19(17)24/h5-8,13-14H,3-4,9-12,15H2,1-2H3,(H,26,31)(H,32,33). The molecular weight excluding hydrogens is 446 g/mol. The lowest BCUT2D eigenvalue weighted by molar-refractivity contribution is -0.132. The maximum absolute atomic E-state index is 12.5. The molecule has 1 aromatic carbocycles. The molecule has 1 aromatic heterocycles. The molecule has 2 amide bonds. The average Bonchev–Trinajstić information content (AvgIpc) is 2.80. The van der Waals surface area contributed by atoms with Gasteiger partial charge in [0.05, 0.1) is 29.0 Å². The van der Waals surface area contributed by atoms with Crippen molar-refractivity contribution in [2.24, 2.45) is 0 Å². The smallest absolute Gasteiger partial charge is 0.339 e. The molecule has 176 valence electrons. The van der Waals surface area contributed by atoms with Gasteiger partial charge in [0.15, 0.2) is 0 Å². The lowest BCUT2D eigenvalue weighted by Gasteiger charge is -2.36. The Morgan fingerprint density at radius 1 is 1.09 bits per heavy atom. The third kappa shape index (κ3) is 6.00. The second kappa shape index (κ2) is 11.1. The summed E-state index contributed by atoms with van der Waals surface area (Å²) in [4.78, 5) is 46.9. The summed E-state index contributed by atoms with van der Waals surface area (Å²) in [5, 5.41) is 12.7. The first-order valence-corrected chi connectivity index (χ1v) is 11.3. The van der Waals surface area contributed by atoms with Crippen molar-refractivity contribution in [2.45, 2.75) is 13.8 Å². The molecule has 0 saturated carbocycles. The maximum atomic E-state index is 12.5. The van der Waals surface area contributed by atoms with Crippen LogP contribution in [-0.4, -0.2) is 83.5 Å². The third-order valence-electron chi connectivity index (χ3n) is 5.62. The molecule has 33 heavy (non-hydrogen) atoms. The van der Waals surface area contributed by atoms with E-state index in [9.17, 15) is 19.5 Å². The Labute approximate surface area is 197 Å². The predicted molar refractivity (Wildman–Crippen MR) is 127 cm³/mol. The molecule has 1 aliphatic rings. The highest BCUT2D eigenvalue weighted by Crippen LogP contribution is 2.24. The number of anilines is 2. The number of carbonyl (C=O) groups excluding carboxylic acids is 2. The Morgan fingerprint density at radius 2 is 1.76 bits per heavy atom. The molecule has 0 radical (unpaired) electrons. The summed E-state index contributed by atoms with van der Waals surface area (Å²) in [6, 6.07) is 8.00. The minimum Gasteiger partial charge on any atom is -0.478 e. The Kier molecular flexibility index (Phi) is 8.24. The van der Waals surface area contributed by atoms with Crippen LogP contribution in [0.1, 0.15) is 34.6 Å². The SMILES string of the molecule is CCN(CC)C(=O)CN1CCN(c2ncc(NC(=O)c3ccccc3Cl)cc2C(=O)O)CC1. The summed E-state index contributed by atoms with van der Waals surface area (Å²) in [5.74, 6) is -1.15. The summed E-state index contributed by atoms with van der Waals surface area (Å²) in [6.45, 7) is 7.96. The van der Waals surface area contributed by atoms with Crippen molar-refractivity contribution in [1.82, 2.24) is 14.8 Å². The number of rotatable bonds is 8. The molecule has 1 fully saturated rings. The Balaban J connectivity index is 1.68. The molecule has 0 bridgehead atoms. The molecule has 1 saturated heterocycles. The van der Waals surface area contributed by atoms with E-state index in [0.29, 0.717) is 56.7 Å². The molecule has 2 N–H and O–H groups in total. The van der Waals surface area contributed by atoms with E-state index < -0.39 is 11.9 Å². The van der Waals surface area contributed by atoms with Crippen molar-refractivity contribution in [3.8, 4) is 0 Å². The van der Waals surface area contributed by atoms with Crippen LogP contribution in [0, 0.1) is 0 Å². The van der Waals surface area contributed by atoms with Gasteiger partial charge in [-0.2, -0.15) is 0 Å². The van der Waals surface area contributed by atoms with Crippen molar-refractivity contribution in [3.63, 3.8) is 0 Å². The number of aromatic carboxylic acids is 1. The van der Waals surface area contributed by atoms with E-state index >= 15 is 0 Å². The van der Waals surface area contributed by atoms with Gasteiger partial charge in [0.1, 0.15) is 11.4 Å². The van der Waals surface area contributed by atoms with Crippen LogP contribution < -0.4 is 10.2 Å². The van der Waals surface area contributed by atoms with Crippen LogP contribution in [0.25, 0.3) is 0 Å². The quantitative estimate of drug-likeness (QED) is 0.607. The summed E-state index contributed by atoms with van der Waals surface area (Å²) in [6.07, 6.45) is 1.44. The van der Waals surface area contributed by atoms with Crippen molar-refractivity contribution >= 4 is 40.9 Å². The van der Waals surface area contributed by atoms with Crippen molar-refractivity contribution in [3.05, 3.63) is 52.7 Å². The van der Waals surface area contributed by atoms with E-state index in [0.717, 1.165) is 0 Å². The maximum Gasteiger partial charge on any atom is 0.339 e. The van der Waals surface area contributed by atoms with Gasteiger partial charge in [0.25, 0.3) is 5.91 Å². The third-order valence-corrected chi connectivity index (χ3v) is 5.95. The molecule has 0 unspecified atom stereocenters. The first-order valence-electron chi connectivity index (χ1n) is 10.9. The molecule has 0 atom stereocenters. The normalized spacial score (nSPS) is 14.1. The number of halogens is 1. The number of benzene rings is 1. The largest absolute Gasteiger partial charge is 0.478 e. The minimum absolute atomic E-state index is 0.000346. The summed E-state index contributed by atoms with van der Waals surface area (Å²) in [5.41, 5.74) is 0.555. The Morgan fingerprint density at radius 3 is 2.36 bits per heavy atom. The zero-order chi connectivity index (χ0) is 24.0. The molecule has 9 nitrogen and oxygen atoms in total. The number of nitrogens with one attached hydrogen (secondary N) is 1. The van der Waals surface area contributed by atoms with Gasteiger partial charge in [-0.25, -0.2) is 9.78 Å². The number of hydrogen-bond donors (Lipinski definition) is 2. The topological polar surface area (TPSA) is 106 Å². The van der Waals surface area contributed by atoms with Gasteiger partial charge >= 0.3 is 5.97 Å². The predicted octanol–water partition coefficient (Wildman–Crippen LogP) is 2.68. The number of hydrogen-bond acceptors (Lipinski definition) is 6. The highest BCUT2D eigenvalue weighted by molar-refractivity contribution is 6.34. The second-order valence-corrected chi connectivity index (χ2v) is 8.07. The van der Waals surface area contributed by atoms with Crippen LogP contribution in [0.2, 0.25) is 5.02 Å². The summed E-state index contributed by atoms with van der Waals surface area (Å²) >= 11 is 6.07. The van der Waals surface area contributed by atoms with Crippen LogP contribution in [0.4, 0.5) is 11.5 Å². The molecule has 0 aliphatic carbocycles. The first-order chi connectivity index (χ1) is 15.8. The molecule has 2 heterocycles. The molecular formula is C23H28ClN5O4. The second-order valence-electron chi connectivity index (χ2n) is 7.66. The van der Waals surface area contributed by atoms with Gasteiger partial charge in [-0.3, -0.25) is 14.5 Å². The van der Waals surface area contributed by atoms with Crippen LogP contribution in [-0.2, 0) is 4.79 Å². The van der Waals surface area contributed by atoms with E-state index in [1.165, 1.54) is 12.3 Å². The van der Waals surface area contributed by atoms with E-state index in [4.69, 9.17) is 11.6 Å². The zero-order valence-corrected chi connectivity index (χ0v) is 19.5. The van der Waals surface area contributed by atoms with Crippen LogP contribution in [0.3, 0.4) is 0 Å². The van der Waals surface area contributed by atoms with E-state index in [-0.39, 0.29) is 22.7 Å². The highest BCUT2D eigenvalue weighted by atomic mass is 35.5. The van der Waals surface area contributed by atoms with Crippen molar-refractivity contribution in [2.75, 3.05) is 56.0 Å². The summed E-state index contributed by atoms with van der Waals surface area (Å²) in [7, 11) is 0. The number of aromatic nitrogens is 1. The van der Waals surface area contributed by atoms with E-state index in [1.54, 1.807) is 29.2 Å². The number of carboxylic acid groups (broad SMARTS) is 1. The Bertz CT molecular complexity index is 1020. The first kappa shape index (κ1) is 24.5. The number of pyridine rings is 1. The number of nitrogens with zero attached hydrogens (tertiary/aromatic N) is 4. The molecule has 1 aliphatic heterocycles. The number of likely N-dealkylation sites (N-methyl/N-ethyl adjacent to an activating group) is 1.